The molecule has 2 unspecified atom stereocenters. The second-order valence-corrected chi connectivity index (χ2v) is 9.75. The molecule has 1 aromatic carbocycles. The Bertz CT molecular complexity index is 746. The van der Waals surface area contributed by atoms with Crippen LogP contribution in [0.2, 0.25) is 0 Å². The first-order chi connectivity index (χ1) is 14.4. The van der Waals surface area contributed by atoms with E-state index >= 15 is 0 Å². The highest BCUT2D eigenvalue weighted by atomic mass is 19.1. The Morgan fingerprint density at radius 1 is 1.30 bits per heavy atom. The Balaban J connectivity index is 1.34. The van der Waals surface area contributed by atoms with E-state index in [1.807, 2.05) is 13.8 Å². The van der Waals surface area contributed by atoms with Gasteiger partial charge in [-0.25, -0.2) is 9.18 Å². The fourth-order valence-electron chi connectivity index (χ4n) is 5.32. The molecule has 1 saturated carbocycles. The molecule has 166 valence electrons. The van der Waals surface area contributed by atoms with E-state index in [-0.39, 0.29) is 23.4 Å². The zero-order valence-electron chi connectivity index (χ0n) is 18.3. The van der Waals surface area contributed by atoms with Gasteiger partial charge in [0.2, 0.25) is 0 Å². The average Bonchev–Trinajstić information content (AvgIpc) is 2.90. The highest BCUT2D eigenvalue weighted by molar-refractivity contribution is 5.67. The maximum absolute atomic E-state index is 13.8. The summed E-state index contributed by atoms with van der Waals surface area (Å²) < 4.78 is 25.1. The maximum atomic E-state index is 13.8. The predicted octanol–water partition coefficient (Wildman–Crippen LogP) is 4.64. The van der Waals surface area contributed by atoms with Crippen LogP contribution in [0.15, 0.2) is 18.2 Å². The number of hydrogen-bond donors (Lipinski definition) is 1. The molecule has 4 rings (SSSR count). The second-order valence-electron chi connectivity index (χ2n) is 9.75. The third-order valence-corrected chi connectivity index (χ3v) is 7.05. The summed E-state index contributed by atoms with van der Waals surface area (Å²) in [6.45, 7) is 7.19. The van der Waals surface area contributed by atoms with Crippen molar-refractivity contribution >= 4 is 6.09 Å². The van der Waals surface area contributed by atoms with Gasteiger partial charge in [0.1, 0.15) is 11.6 Å². The van der Waals surface area contributed by atoms with E-state index in [1.54, 1.807) is 12.1 Å². The molecule has 1 aromatic rings. The zero-order chi connectivity index (χ0) is 21.1. The predicted molar refractivity (Wildman–Crippen MR) is 114 cm³/mol. The molecule has 0 radical (unpaired) electrons. The van der Waals surface area contributed by atoms with Gasteiger partial charge in [0, 0.05) is 23.1 Å². The largest absolute Gasteiger partial charge is 0.492 e. The molecule has 30 heavy (non-hydrogen) atoms. The van der Waals surface area contributed by atoms with Crippen molar-refractivity contribution in [3.05, 3.63) is 29.6 Å². The molecule has 2 fully saturated rings. The van der Waals surface area contributed by atoms with Crippen LogP contribution in [-0.2, 0) is 10.2 Å². The number of nitrogens with zero attached hydrogens (tertiary/aromatic N) is 1. The first-order valence-corrected chi connectivity index (χ1v) is 11.6. The van der Waals surface area contributed by atoms with Crippen LogP contribution in [0.5, 0.6) is 5.75 Å². The number of amides is 1. The quantitative estimate of drug-likeness (QED) is 0.724. The third kappa shape index (κ3) is 4.74. The van der Waals surface area contributed by atoms with Crippen LogP contribution in [0.4, 0.5) is 9.18 Å². The van der Waals surface area contributed by atoms with Crippen molar-refractivity contribution in [3.8, 4) is 5.75 Å². The van der Waals surface area contributed by atoms with Crippen molar-refractivity contribution in [3.63, 3.8) is 0 Å². The number of rotatable bonds is 4. The lowest BCUT2D eigenvalue weighted by atomic mass is 9.74. The molecule has 1 saturated heterocycles. The van der Waals surface area contributed by atoms with Gasteiger partial charge in [-0.15, -0.1) is 0 Å². The molecule has 3 aliphatic rings. The van der Waals surface area contributed by atoms with Crippen molar-refractivity contribution < 1.29 is 18.7 Å². The number of benzene rings is 1. The monoisotopic (exact) mass is 418 g/mol. The van der Waals surface area contributed by atoms with Gasteiger partial charge >= 0.3 is 6.09 Å². The lowest BCUT2D eigenvalue weighted by Gasteiger charge is -2.42. The van der Waals surface area contributed by atoms with Gasteiger partial charge in [0.15, 0.2) is 0 Å². The van der Waals surface area contributed by atoms with Crippen molar-refractivity contribution in [2.24, 2.45) is 5.92 Å². The van der Waals surface area contributed by atoms with Crippen LogP contribution >= 0.6 is 0 Å². The van der Waals surface area contributed by atoms with Crippen molar-refractivity contribution in [2.45, 2.75) is 76.3 Å². The van der Waals surface area contributed by atoms with Gasteiger partial charge in [-0.05, 0) is 69.3 Å². The zero-order valence-corrected chi connectivity index (χ0v) is 18.3. The lowest BCUT2D eigenvalue weighted by molar-refractivity contribution is 0.0873. The molecule has 2 heterocycles. The van der Waals surface area contributed by atoms with Crippen LogP contribution < -0.4 is 10.1 Å². The summed E-state index contributed by atoms with van der Waals surface area (Å²) in [4.78, 5) is 14.7. The molecule has 0 bridgehead atoms. The van der Waals surface area contributed by atoms with Crippen LogP contribution in [0.3, 0.4) is 0 Å². The highest BCUT2D eigenvalue weighted by Gasteiger charge is 2.44. The number of piperidine rings is 1. The number of halogens is 1. The Hall–Kier alpha value is -1.82. The summed E-state index contributed by atoms with van der Waals surface area (Å²) in [5.74, 6) is 1.02. The molecule has 1 spiro atoms. The topological polar surface area (TPSA) is 50.8 Å². The van der Waals surface area contributed by atoms with Gasteiger partial charge in [0.05, 0.1) is 13.2 Å². The summed E-state index contributed by atoms with van der Waals surface area (Å²) in [5, 5.41) is 3.10. The summed E-state index contributed by atoms with van der Waals surface area (Å²) in [6, 6.07) is 5.59. The van der Waals surface area contributed by atoms with Crippen LogP contribution in [0, 0.1) is 11.7 Å². The van der Waals surface area contributed by atoms with E-state index in [0.29, 0.717) is 25.2 Å². The van der Waals surface area contributed by atoms with Crippen molar-refractivity contribution in [1.82, 2.24) is 10.2 Å². The van der Waals surface area contributed by atoms with Gasteiger partial charge in [-0.2, -0.15) is 0 Å². The van der Waals surface area contributed by atoms with Crippen molar-refractivity contribution in [2.75, 3.05) is 26.3 Å². The van der Waals surface area contributed by atoms with E-state index in [9.17, 15) is 9.18 Å². The summed E-state index contributed by atoms with van der Waals surface area (Å²) in [7, 11) is 0. The van der Waals surface area contributed by atoms with Crippen LogP contribution in [-0.4, -0.2) is 49.4 Å². The Kier molecular flexibility index (Phi) is 6.51. The third-order valence-electron chi connectivity index (χ3n) is 7.05. The Morgan fingerprint density at radius 2 is 2.07 bits per heavy atom. The number of hydrogen-bond acceptors (Lipinski definition) is 4. The number of nitrogens with one attached hydrogen (secondary N) is 1. The lowest BCUT2D eigenvalue weighted by Crippen LogP contribution is -2.49. The molecule has 6 heteroatoms. The molecule has 2 atom stereocenters. The average molecular weight is 419 g/mol. The molecule has 1 aliphatic carbocycles. The Labute approximate surface area is 179 Å². The van der Waals surface area contributed by atoms with Gasteiger partial charge < -0.3 is 19.7 Å². The minimum atomic E-state index is -0.284. The standard InChI is InChI=1S/C24H35FN2O3/c1-17(2)15-29-23(28)26-19-5-3-4-6-20(14-19)27-11-9-24(10-12-27)16-30-22-8-7-18(25)13-21(22)24/h7-8,13,17,19-20H,3-6,9-12,14-16H2,1-2H3,(H,26,28). The molecular weight excluding hydrogens is 383 g/mol. The molecule has 2 aliphatic heterocycles. The number of likely N-dealkylation sites (tertiary alicyclic amines) is 1. The first kappa shape index (κ1) is 21.4. The number of carbonyl (C=O) groups is 1. The van der Waals surface area contributed by atoms with Gasteiger partial charge in [-0.3, -0.25) is 0 Å². The summed E-state index contributed by atoms with van der Waals surface area (Å²) >= 11 is 0. The summed E-state index contributed by atoms with van der Waals surface area (Å²) in [6.07, 6.45) is 7.22. The van der Waals surface area contributed by atoms with E-state index in [2.05, 4.69) is 10.2 Å². The smallest absolute Gasteiger partial charge is 0.407 e. The van der Waals surface area contributed by atoms with E-state index in [0.717, 1.165) is 56.5 Å². The number of ether oxygens (including phenoxy) is 2. The summed E-state index contributed by atoms with van der Waals surface area (Å²) in [5.41, 5.74) is 1.01. The van der Waals surface area contributed by atoms with Gasteiger partial charge in [-0.1, -0.05) is 26.7 Å². The van der Waals surface area contributed by atoms with Gasteiger partial charge in [0.25, 0.3) is 0 Å². The maximum Gasteiger partial charge on any atom is 0.407 e. The number of carbonyl (C=O) groups excluding carboxylic acids is 1. The molecule has 5 nitrogen and oxygen atoms in total. The fourth-order valence-corrected chi connectivity index (χ4v) is 5.32. The van der Waals surface area contributed by atoms with Crippen LogP contribution in [0.25, 0.3) is 0 Å². The molecule has 0 aromatic heterocycles. The minimum Gasteiger partial charge on any atom is -0.492 e. The Morgan fingerprint density at radius 3 is 2.83 bits per heavy atom. The van der Waals surface area contributed by atoms with Crippen molar-refractivity contribution in [1.29, 1.82) is 0 Å². The minimum absolute atomic E-state index is 0.0447. The number of fused-ring (bicyclic) bond motifs is 2. The van der Waals surface area contributed by atoms with Crippen LogP contribution in [0.1, 0.15) is 64.4 Å². The molecular formula is C24H35FN2O3. The first-order valence-electron chi connectivity index (χ1n) is 11.6. The SMILES string of the molecule is CC(C)COC(=O)NC1CCCCC(N2CCC3(CC2)COc2ccc(F)cc23)C1. The normalized spacial score (nSPS) is 26.1. The fraction of sp³-hybridized carbons (Fsp3) is 0.708. The van der Waals surface area contributed by atoms with E-state index < -0.39 is 0 Å². The highest BCUT2D eigenvalue weighted by Crippen LogP contribution is 2.46. The number of alkyl carbamates (subject to hydrolysis) is 1. The van der Waals surface area contributed by atoms with E-state index in [4.69, 9.17) is 9.47 Å². The molecule has 1 N–H and O–H groups in total. The van der Waals surface area contributed by atoms with E-state index in [1.165, 1.54) is 18.9 Å². The molecule has 1 amide bonds. The second kappa shape index (κ2) is 9.13.